The third-order valence-electron chi connectivity index (χ3n) is 9.19. The third kappa shape index (κ3) is 8.47. The largest absolute Gasteiger partial charge is 0.490 e. The smallest absolute Gasteiger partial charge is 0.252 e. The van der Waals surface area contributed by atoms with Gasteiger partial charge in [0.2, 0.25) is 11.8 Å². The van der Waals surface area contributed by atoms with Crippen molar-refractivity contribution in [3.8, 4) is 11.5 Å². The first-order valence-electron chi connectivity index (χ1n) is 16.9. The minimum absolute atomic E-state index is 0.0457. The molecule has 10 nitrogen and oxygen atoms in total. The fraction of sp³-hybridized carbons (Fsp3) is 0.528. The Morgan fingerprint density at radius 3 is 2.39 bits per heavy atom. The van der Waals surface area contributed by atoms with Crippen molar-refractivity contribution < 1.29 is 23.9 Å². The minimum atomic E-state index is -0.923. The highest BCUT2D eigenvalue weighted by atomic mass is 16.5. The van der Waals surface area contributed by atoms with Gasteiger partial charge in [-0.2, -0.15) is 0 Å². The Morgan fingerprint density at radius 1 is 0.957 bits per heavy atom. The maximum atomic E-state index is 14.2. The molecule has 1 atom stereocenters. The lowest BCUT2D eigenvalue weighted by atomic mass is 9.94. The molecule has 0 spiro atoms. The second kappa shape index (κ2) is 16.1. The second-order valence-corrected chi connectivity index (χ2v) is 12.4. The molecule has 46 heavy (non-hydrogen) atoms. The molecule has 3 amide bonds. The number of fused-ring (bicyclic) bond motifs is 1. The average Bonchev–Trinajstić information content (AvgIpc) is 3.47. The summed E-state index contributed by atoms with van der Waals surface area (Å²) in [5.41, 5.74) is 2.58. The summed E-state index contributed by atoms with van der Waals surface area (Å²) in [6, 6.07) is 13.0. The first-order valence-corrected chi connectivity index (χ1v) is 16.9. The Morgan fingerprint density at radius 2 is 1.67 bits per heavy atom. The summed E-state index contributed by atoms with van der Waals surface area (Å²) in [6.45, 7) is 9.94. The van der Waals surface area contributed by atoms with E-state index in [-0.39, 0.29) is 25.4 Å². The molecule has 1 saturated heterocycles. The van der Waals surface area contributed by atoms with Crippen LogP contribution in [0.25, 0.3) is 10.9 Å². The zero-order valence-corrected chi connectivity index (χ0v) is 27.6. The number of benzene rings is 2. The van der Waals surface area contributed by atoms with Crippen LogP contribution in [0.1, 0.15) is 64.0 Å². The summed E-state index contributed by atoms with van der Waals surface area (Å²) in [7, 11) is 0. The molecule has 1 unspecified atom stereocenters. The lowest BCUT2D eigenvalue weighted by Crippen LogP contribution is -2.55. The van der Waals surface area contributed by atoms with E-state index in [1.807, 2.05) is 50.4 Å². The molecule has 10 heteroatoms. The molecule has 2 aromatic carbocycles. The van der Waals surface area contributed by atoms with E-state index < -0.39 is 17.9 Å². The molecule has 3 aromatic rings. The van der Waals surface area contributed by atoms with Gasteiger partial charge in [-0.1, -0.05) is 43.5 Å². The molecule has 248 valence electrons. The van der Waals surface area contributed by atoms with E-state index in [4.69, 9.17) is 9.47 Å². The average molecular weight is 632 g/mol. The van der Waals surface area contributed by atoms with Gasteiger partial charge in [0, 0.05) is 62.7 Å². The van der Waals surface area contributed by atoms with Gasteiger partial charge in [0.05, 0.1) is 26.3 Å². The van der Waals surface area contributed by atoms with E-state index in [1.54, 1.807) is 12.1 Å². The van der Waals surface area contributed by atoms with Crippen LogP contribution in [0.2, 0.25) is 0 Å². The van der Waals surface area contributed by atoms with Crippen molar-refractivity contribution in [1.82, 2.24) is 25.0 Å². The van der Waals surface area contributed by atoms with Crippen molar-refractivity contribution in [3.63, 3.8) is 0 Å². The zero-order valence-electron chi connectivity index (χ0n) is 27.6. The fourth-order valence-corrected chi connectivity index (χ4v) is 6.81. The highest BCUT2D eigenvalue weighted by molar-refractivity contribution is 5.99. The first-order chi connectivity index (χ1) is 22.4. The van der Waals surface area contributed by atoms with Gasteiger partial charge < -0.3 is 19.8 Å². The van der Waals surface area contributed by atoms with E-state index in [9.17, 15) is 14.4 Å². The fourth-order valence-electron chi connectivity index (χ4n) is 6.81. The number of carbonyl (C=O) groups excluding carboxylic acids is 3. The molecule has 1 aromatic heterocycles. The van der Waals surface area contributed by atoms with Gasteiger partial charge in [0.1, 0.15) is 6.04 Å². The number of rotatable bonds is 13. The van der Waals surface area contributed by atoms with Gasteiger partial charge in [-0.15, -0.1) is 0 Å². The van der Waals surface area contributed by atoms with E-state index in [2.05, 4.69) is 20.1 Å². The summed E-state index contributed by atoms with van der Waals surface area (Å²) in [4.78, 5) is 49.9. The SMILES string of the molecule is CCOc1ccc(CN(C(C)=O)C(=O)C(Cc2c[nH]c3ccccc23)NC(=O)CN2CCN(C3CCCCC3)CC2)cc1OCC. The Balaban J connectivity index is 1.31. The normalized spacial score (nSPS) is 17.0. The van der Waals surface area contributed by atoms with Gasteiger partial charge in [-0.3, -0.25) is 29.1 Å². The van der Waals surface area contributed by atoms with Crippen LogP contribution < -0.4 is 14.8 Å². The van der Waals surface area contributed by atoms with Crippen LogP contribution in [0, 0.1) is 0 Å². The number of hydrogen-bond donors (Lipinski definition) is 2. The molecule has 2 fully saturated rings. The zero-order chi connectivity index (χ0) is 32.5. The molecule has 0 bridgehead atoms. The predicted octanol–water partition coefficient (Wildman–Crippen LogP) is 4.52. The molecule has 5 rings (SSSR count). The summed E-state index contributed by atoms with van der Waals surface area (Å²) in [5, 5.41) is 4.01. The summed E-state index contributed by atoms with van der Waals surface area (Å²) in [6.07, 6.45) is 8.63. The molecule has 2 N–H and O–H groups in total. The number of aromatic amines is 1. The highest BCUT2D eigenvalue weighted by Crippen LogP contribution is 2.29. The van der Waals surface area contributed by atoms with Crippen molar-refractivity contribution in [1.29, 1.82) is 0 Å². The number of para-hydroxylation sites is 1. The molecule has 1 saturated carbocycles. The summed E-state index contributed by atoms with van der Waals surface area (Å²) >= 11 is 0. The van der Waals surface area contributed by atoms with E-state index >= 15 is 0 Å². The lowest BCUT2D eigenvalue weighted by molar-refractivity contribution is -0.147. The van der Waals surface area contributed by atoms with E-state index in [0.29, 0.717) is 30.8 Å². The van der Waals surface area contributed by atoms with Crippen LogP contribution in [0.4, 0.5) is 0 Å². The number of nitrogens with one attached hydrogen (secondary N) is 2. The molecule has 0 radical (unpaired) electrons. The number of nitrogens with zero attached hydrogens (tertiary/aromatic N) is 3. The Labute approximate surface area is 272 Å². The van der Waals surface area contributed by atoms with Crippen LogP contribution in [0.5, 0.6) is 11.5 Å². The Bertz CT molecular complexity index is 1470. The standard InChI is InChI=1S/C36H49N5O5/c1-4-45-33-16-15-27(21-34(33)46-5-2)24-41(26(3)42)36(44)32(22-28-23-37-31-14-10-9-13-30(28)31)38-35(43)25-39-17-19-40(20-18-39)29-11-7-6-8-12-29/h9-10,13-16,21,23,29,32,37H,4-8,11-12,17-20,22,24-25H2,1-3H3,(H,38,43). The number of carbonyl (C=O) groups is 3. The topological polar surface area (TPSA) is 107 Å². The minimum Gasteiger partial charge on any atom is -0.490 e. The van der Waals surface area contributed by atoms with Gasteiger partial charge in [-0.05, 0) is 56.0 Å². The Hall–Kier alpha value is -3.89. The molecule has 1 aliphatic heterocycles. The molecule has 2 aliphatic rings. The summed E-state index contributed by atoms with van der Waals surface area (Å²) in [5.74, 6) is 0.115. The molecule has 2 heterocycles. The van der Waals surface area contributed by atoms with Crippen LogP contribution >= 0.6 is 0 Å². The number of hydrogen-bond acceptors (Lipinski definition) is 7. The molecule has 1 aliphatic carbocycles. The van der Waals surface area contributed by atoms with Crippen molar-refractivity contribution in [2.24, 2.45) is 0 Å². The summed E-state index contributed by atoms with van der Waals surface area (Å²) < 4.78 is 11.5. The maximum Gasteiger partial charge on any atom is 0.252 e. The Kier molecular flexibility index (Phi) is 11.7. The monoisotopic (exact) mass is 631 g/mol. The highest BCUT2D eigenvalue weighted by Gasteiger charge is 2.31. The van der Waals surface area contributed by atoms with Crippen LogP contribution in [-0.2, 0) is 27.3 Å². The van der Waals surface area contributed by atoms with E-state index in [0.717, 1.165) is 48.2 Å². The van der Waals surface area contributed by atoms with Crippen LogP contribution in [0.15, 0.2) is 48.7 Å². The predicted molar refractivity (Wildman–Crippen MR) is 179 cm³/mol. The lowest BCUT2D eigenvalue weighted by Gasteiger charge is -2.40. The first kappa shape index (κ1) is 33.5. The maximum absolute atomic E-state index is 14.2. The number of amides is 3. The third-order valence-corrected chi connectivity index (χ3v) is 9.19. The van der Waals surface area contributed by atoms with Gasteiger partial charge >= 0.3 is 0 Å². The van der Waals surface area contributed by atoms with Gasteiger partial charge in [-0.25, -0.2) is 0 Å². The van der Waals surface area contributed by atoms with Gasteiger partial charge in [0.15, 0.2) is 11.5 Å². The number of H-pyrrole nitrogens is 1. The van der Waals surface area contributed by atoms with Crippen LogP contribution in [-0.4, -0.2) is 95.4 Å². The number of aromatic nitrogens is 1. The quantitative estimate of drug-likeness (QED) is 0.286. The van der Waals surface area contributed by atoms with Crippen molar-refractivity contribution in [2.45, 2.75) is 77.9 Å². The number of piperazine rings is 1. The molecular formula is C36H49N5O5. The van der Waals surface area contributed by atoms with Crippen molar-refractivity contribution in [2.75, 3.05) is 45.9 Å². The van der Waals surface area contributed by atoms with Crippen molar-refractivity contribution in [3.05, 3.63) is 59.8 Å². The van der Waals surface area contributed by atoms with E-state index in [1.165, 1.54) is 43.9 Å². The van der Waals surface area contributed by atoms with Crippen LogP contribution in [0.3, 0.4) is 0 Å². The van der Waals surface area contributed by atoms with Gasteiger partial charge in [0.25, 0.3) is 5.91 Å². The van der Waals surface area contributed by atoms with Crippen molar-refractivity contribution >= 4 is 28.6 Å². The second-order valence-electron chi connectivity index (χ2n) is 12.4. The molecular weight excluding hydrogens is 582 g/mol. The number of imide groups is 1. The number of ether oxygens (including phenoxy) is 2.